The van der Waals surface area contributed by atoms with Gasteiger partial charge >= 0.3 is 0 Å². The van der Waals surface area contributed by atoms with Crippen molar-refractivity contribution in [1.29, 1.82) is 0 Å². The highest BCUT2D eigenvalue weighted by molar-refractivity contribution is 7.15. The second-order valence-electron chi connectivity index (χ2n) is 5.74. The number of hydrogen-bond donors (Lipinski definition) is 2. The van der Waals surface area contributed by atoms with Crippen molar-refractivity contribution in [2.24, 2.45) is 0 Å². The Hall–Kier alpha value is -1.47. The van der Waals surface area contributed by atoms with Crippen molar-refractivity contribution in [3.8, 4) is 0 Å². The molecule has 1 aliphatic carbocycles. The molecule has 108 valence electrons. The summed E-state index contributed by atoms with van der Waals surface area (Å²) in [7, 11) is 0. The molecular formula is C13H17N3O3S. The number of aliphatic hydroxyl groups excluding tert-OH is 1. The number of aliphatic hydroxyl groups is 1. The van der Waals surface area contributed by atoms with Crippen LogP contribution in [0.1, 0.15) is 43.4 Å². The topological polar surface area (TPSA) is 82.5 Å². The third-order valence-corrected chi connectivity index (χ3v) is 5.15. The quantitative estimate of drug-likeness (QED) is 0.747. The number of aryl methyl sites for hydroxylation is 1. The Morgan fingerprint density at radius 3 is 2.90 bits per heavy atom. The van der Waals surface area contributed by atoms with E-state index in [-0.39, 0.29) is 18.4 Å². The van der Waals surface area contributed by atoms with Crippen molar-refractivity contribution in [3.05, 3.63) is 10.6 Å². The molecule has 2 N–H and O–H groups in total. The van der Waals surface area contributed by atoms with Gasteiger partial charge in [0, 0.05) is 0 Å². The lowest BCUT2D eigenvalue weighted by atomic mass is 9.99. The normalized spacial score (nSPS) is 25.4. The van der Waals surface area contributed by atoms with E-state index < -0.39 is 11.6 Å². The largest absolute Gasteiger partial charge is 0.388 e. The van der Waals surface area contributed by atoms with Crippen LogP contribution in [0.15, 0.2) is 0 Å². The Kier molecular flexibility index (Phi) is 3.06. The summed E-state index contributed by atoms with van der Waals surface area (Å²) in [5, 5.41) is 13.0. The van der Waals surface area contributed by atoms with Crippen LogP contribution in [0.3, 0.4) is 0 Å². The van der Waals surface area contributed by atoms with Crippen LogP contribution in [-0.2, 0) is 16.0 Å². The zero-order chi connectivity index (χ0) is 14.5. The summed E-state index contributed by atoms with van der Waals surface area (Å²) in [5.41, 5.74) is 0.0808. The molecule has 2 aliphatic rings. The Balaban J connectivity index is 1.99. The van der Waals surface area contributed by atoms with E-state index in [9.17, 15) is 14.7 Å². The third-order valence-electron chi connectivity index (χ3n) is 3.93. The Morgan fingerprint density at radius 2 is 2.20 bits per heavy atom. The number of carbonyl (C=O) groups excluding carboxylic acids is 2. The molecule has 1 aromatic rings. The van der Waals surface area contributed by atoms with Crippen molar-refractivity contribution in [2.75, 3.05) is 11.4 Å². The number of fused-ring (bicyclic) bond motifs is 1. The van der Waals surface area contributed by atoms with Gasteiger partial charge in [0.25, 0.3) is 5.91 Å². The summed E-state index contributed by atoms with van der Waals surface area (Å²) in [6.45, 7) is 3.65. The minimum Gasteiger partial charge on any atom is -0.388 e. The fraction of sp³-hybridized carbons (Fsp3) is 0.615. The van der Waals surface area contributed by atoms with Gasteiger partial charge in [-0.05, 0) is 33.1 Å². The molecule has 7 heteroatoms. The van der Waals surface area contributed by atoms with Gasteiger partial charge in [0.1, 0.15) is 12.1 Å². The number of amides is 2. The highest BCUT2D eigenvalue weighted by atomic mass is 32.1. The van der Waals surface area contributed by atoms with E-state index in [4.69, 9.17) is 0 Å². The van der Waals surface area contributed by atoms with Crippen LogP contribution >= 0.6 is 11.3 Å². The predicted molar refractivity (Wildman–Crippen MR) is 74.6 cm³/mol. The van der Waals surface area contributed by atoms with Crippen LogP contribution < -0.4 is 10.2 Å². The van der Waals surface area contributed by atoms with E-state index in [0.29, 0.717) is 5.13 Å². The number of carbonyl (C=O) groups is 2. The Bertz CT molecular complexity index is 581. The van der Waals surface area contributed by atoms with E-state index in [0.717, 1.165) is 29.8 Å². The van der Waals surface area contributed by atoms with Crippen molar-refractivity contribution in [1.82, 2.24) is 10.3 Å². The minimum atomic E-state index is -0.820. The standard InChI is InChI=1S/C13H17N3O3S/c1-13(2)11(19)15-9(18)6-16(13)12-14-7-4-3-5-8(17)10(7)20-12/h8,17H,3-6H2,1-2H3,(H,15,18,19). The first kappa shape index (κ1) is 13.5. The third kappa shape index (κ3) is 2.01. The molecule has 2 heterocycles. The number of imide groups is 1. The monoisotopic (exact) mass is 295 g/mol. The zero-order valence-corrected chi connectivity index (χ0v) is 12.3. The zero-order valence-electron chi connectivity index (χ0n) is 11.5. The molecule has 1 unspecified atom stereocenters. The summed E-state index contributed by atoms with van der Waals surface area (Å²) in [6.07, 6.45) is 2.04. The van der Waals surface area contributed by atoms with Gasteiger partial charge in [-0.1, -0.05) is 11.3 Å². The van der Waals surface area contributed by atoms with Crippen LogP contribution in [0, 0.1) is 0 Å². The van der Waals surface area contributed by atoms with Gasteiger partial charge in [-0.3, -0.25) is 14.9 Å². The second-order valence-corrected chi connectivity index (χ2v) is 6.75. The molecule has 6 nitrogen and oxygen atoms in total. The summed E-state index contributed by atoms with van der Waals surface area (Å²) < 4.78 is 0. The first-order valence-electron chi connectivity index (χ1n) is 6.69. The van der Waals surface area contributed by atoms with Crippen LogP contribution in [0.4, 0.5) is 5.13 Å². The maximum absolute atomic E-state index is 12.0. The van der Waals surface area contributed by atoms with Crippen molar-refractivity contribution >= 4 is 28.3 Å². The fourth-order valence-corrected chi connectivity index (χ4v) is 3.86. The van der Waals surface area contributed by atoms with E-state index in [2.05, 4.69) is 10.3 Å². The SMILES string of the molecule is CC1(C)C(=O)NC(=O)CN1c1nc2c(s1)C(O)CCC2. The molecule has 0 spiro atoms. The molecule has 20 heavy (non-hydrogen) atoms. The summed E-state index contributed by atoms with van der Waals surface area (Å²) in [5.74, 6) is -0.634. The first-order valence-corrected chi connectivity index (χ1v) is 7.51. The van der Waals surface area contributed by atoms with E-state index in [1.165, 1.54) is 11.3 Å². The fourth-order valence-electron chi connectivity index (χ4n) is 2.59. The lowest BCUT2D eigenvalue weighted by Gasteiger charge is -2.39. The molecule has 1 saturated heterocycles. The summed E-state index contributed by atoms with van der Waals surface area (Å²) in [6, 6.07) is 0. The molecule has 2 amide bonds. The number of anilines is 1. The smallest absolute Gasteiger partial charge is 0.251 e. The van der Waals surface area contributed by atoms with Crippen molar-refractivity contribution in [2.45, 2.75) is 44.8 Å². The lowest BCUT2D eigenvalue weighted by Crippen LogP contribution is -2.64. The Morgan fingerprint density at radius 1 is 1.45 bits per heavy atom. The van der Waals surface area contributed by atoms with Crippen LogP contribution in [0.5, 0.6) is 0 Å². The van der Waals surface area contributed by atoms with Crippen molar-refractivity contribution in [3.63, 3.8) is 0 Å². The molecule has 1 fully saturated rings. The van der Waals surface area contributed by atoms with Gasteiger partial charge in [0.15, 0.2) is 5.13 Å². The number of rotatable bonds is 1. The molecular weight excluding hydrogens is 278 g/mol. The average molecular weight is 295 g/mol. The highest BCUT2D eigenvalue weighted by Crippen LogP contribution is 2.39. The molecule has 0 aromatic carbocycles. The van der Waals surface area contributed by atoms with Gasteiger partial charge < -0.3 is 10.0 Å². The average Bonchev–Trinajstić information content (AvgIpc) is 2.79. The number of hydrogen-bond acceptors (Lipinski definition) is 6. The number of nitrogens with one attached hydrogen (secondary N) is 1. The maximum atomic E-state index is 12.0. The molecule has 0 bridgehead atoms. The van der Waals surface area contributed by atoms with Crippen molar-refractivity contribution < 1.29 is 14.7 Å². The van der Waals surface area contributed by atoms with Gasteiger partial charge in [-0.15, -0.1) is 0 Å². The van der Waals surface area contributed by atoms with E-state index >= 15 is 0 Å². The van der Waals surface area contributed by atoms with Gasteiger partial charge in [0.2, 0.25) is 5.91 Å². The Labute approximate surface area is 120 Å². The number of aromatic nitrogens is 1. The number of piperazine rings is 1. The van der Waals surface area contributed by atoms with Gasteiger partial charge in [-0.2, -0.15) is 0 Å². The lowest BCUT2D eigenvalue weighted by molar-refractivity contribution is -0.135. The maximum Gasteiger partial charge on any atom is 0.251 e. The summed E-state index contributed by atoms with van der Waals surface area (Å²) in [4.78, 5) is 30.7. The molecule has 1 aromatic heterocycles. The molecule has 3 rings (SSSR count). The molecule has 1 atom stereocenters. The van der Waals surface area contributed by atoms with Crippen LogP contribution in [0.2, 0.25) is 0 Å². The molecule has 0 radical (unpaired) electrons. The van der Waals surface area contributed by atoms with Crippen LogP contribution in [-0.4, -0.2) is 34.0 Å². The number of thiazole rings is 1. The molecule has 0 saturated carbocycles. The van der Waals surface area contributed by atoms with E-state index in [1.54, 1.807) is 18.7 Å². The second kappa shape index (κ2) is 4.53. The summed E-state index contributed by atoms with van der Waals surface area (Å²) >= 11 is 1.39. The predicted octanol–water partition coefficient (Wildman–Crippen LogP) is 0.754. The molecule has 1 aliphatic heterocycles. The van der Waals surface area contributed by atoms with E-state index in [1.807, 2.05) is 0 Å². The van der Waals surface area contributed by atoms with Gasteiger partial charge in [-0.25, -0.2) is 4.98 Å². The van der Waals surface area contributed by atoms with Gasteiger partial charge in [0.05, 0.1) is 16.7 Å². The highest BCUT2D eigenvalue weighted by Gasteiger charge is 2.43. The number of nitrogens with zero attached hydrogens (tertiary/aromatic N) is 2. The first-order chi connectivity index (χ1) is 9.39. The minimum absolute atomic E-state index is 0.112. The van der Waals surface area contributed by atoms with Crippen LogP contribution in [0.25, 0.3) is 0 Å².